The van der Waals surface area contributed by atoms with Crippen molar-refractivity contribution in [1.29, 1.82) is 0 Å². The van der Waals surface area contributed by atoms with E-state index < -0.39 is 0 Å². The molecular formula is C27H23N9. The van der Waals surface area contributed by atoms with E-state index in [-0.39, 0.29) is 6.04 Å². The number of hydrogen-bond acceptors (Lipinski definition) is 7. The van der Waals surface area contributed by atoms with Crippen LogP contribution in [-0.2, 0) is 6.54 Å². The molecule has 1 atom stereocenters. The maximum absolute atomic E-state index is 5.02. The summed E-state index contributed by atoms with van der Waals surface area (Å²) in [4.78, 5) is 24.4. The highest BCUT2D eigenvalue weighted by Gasteiger charge is 2.37. The molecule has 36 heavy (non-hydrogen) atoms. The summed E-state index contributed by atoms with van der Waals surface area (Å²) in [6.07, 6.45) is 11.6. The van der Waals surface area contributed by atoms with Gasteiger partial charge in [0.25, 0.3) is 0 Å². The molecule has 176 valence electrons. The van der Waals surface area contributed by atoms with E-state index in [1.165, 1.54) is 5.70 Å². The molecule has 0 spiro atoms. The Labute approximate surface area is 207 Å². The number of pyridine rings is 3. The van der Waals surface area contributed by atoms with Crippen LogP contribution in [0.4, 0.5) is 0 Å². The fourth-order valence-electron chi connectivity index (χ4n) is 4.72. The van der Waals surface area contributed by atoms with Crippen LogP contribution in [0.25, 0.3) is 39.4 Å². The SMILES string of the molecule is CN(C)Cc1cncc(-c2ccc3[nH]nc(-c4nc5c([nH]4)C4NC4=CC=C5c4cccnc4)c3n2)c1. The number of rotatable bonds is 5. The maximum Gasteiger partial charge on any atom is 0.161 e. The van der Waals surface area contributed by atoms with E-state index in [1.807, 2.05) is 50.9 Å². The molecule has 9 heteroatoms. The number of imidazole rings is 1. The molecule has 1 saturated heterocycles. The van der Waals surface area contributed by atoms with Gasteiger partial charge in [-0.25, -0.2) is 9.97 Å². The Morgan fingerprint density at radius 1 is 0.944 bits per heavy atom. The van der Waals surface area contributed by atoms with Crippen LogP contribution in [0.5, 0.6) is 0 Å². The summed E-state index contributed by atoms with van der Waals surface area (Å²) in [6.45, 7) is 0.816. The van der Waals surface area contributed by atoms with Crippen molar-refractivity contribution < 1.29 is 0 Å². The number of hydrogen-bond donors (Lipinski definition) is 3. The van der Waals surface area contributed by atoms with E-state index in [0.29, 0.717) is 11.5 Å². The molecule has 2 aliphatic rings. The largest absolute Gasteiger partial charge is 0.373 e. The average molecular weight is 474 g/mol. The van der Waals surface area contributed by atoms with Crippen LogP contribution in [-0.4, -0.2) is 54.1 Å². The summed E-state index contributed by atoms with van der Waals surface area (Å²) in [7, 11) is 4.09. The second-order valence-electron chi connectivity index (χ2n) is 9.35. The molecule has 5 aromatic heterocycles. The molecule has 5 aromatic rings. The number of nitrogens with zero attached hydrogens (tertiary/aromatic N) is 6. The van der Waals surface area contributed by atoms with Crippen LogP contribution in [0.3, 0.4) is 0 Å². The van der Waals surface area contributed by atoms with Crippen molar-refractivity contribution in [3.05, 3.63) is 95.5 Å². The van der Waals surface area contributed by atoms with Crippen molar-refractivity contribution in [2.24, 2.45) is 0 Å². The van der Waals surface area contributed by atoms with Crippen molar-refractivity contribution in [1.82, 2.24) is 45.3 Å². The third-order valence-corrected chi connectivity index (χ3v) is 6.44. The van der Waals surface area contributed by atoms with Gasteiger partial charge in [0, 0.05) is 53.7 Å². The van der Waals surface area contributed by atoms with E-state index in [0.717, 1.165) is 56.9 Å². The zero-order valence-electron chi connectivity index (χ0n) is 19.8. The number of fused-ring (bicyclic) bond motifs is 4. The van der Waals surface area contributed by atoms with Gasteiger partial charge in [0.05, 0.1) is 22.6 Å². The first-order chi connectivity index (χ1) is 17.6. The van der Waals surface area contributed by atoms with Crippen LogP contribution in [0, 0.1) is 0 Å². The van der Waals surface area contributed by atoms with E-state index in [9.17, 15) is 0 Å². The minimum absolute atomic E-state index is 0.130. The smallest absolute Gasteiger partial charge is 0.161 e. The Morgan fingerprint density at radius 2 is 1.86 bits per heavy atom. The highest BCUT2D eigenvalue weighted by molar-refractivity contribution is 5.90. The topological polar surface area (TPSA) is 121 Å². The number of H-pyrrole nitrogens is 2. The van der Waals surface area contributed by atoms with Crippen molar-refractivity contribution in [3.8, 4) is 22.8 Å². The maximum atomic E-state index is 5.02. The van der Waals surface area contributed by atoms with E-state index in [2.05, 4.69) is 59.7 Å². The van der Waals surface area contributed by atoms with Gasteiger partial charge >= 0.3 is 0 Å². The second-order valence-corrected chi connectivity index (χ2v) is 9.35. The molecule has 9 nitrogen and oxygen atoms in total. The third kappa shape index (κ3) is 3.48. The molecule has 7 rings (SSSR count). The summed E-state index contributed by atoms with van der Waals surface area (Å²) < 4.78 is 0. The Kier molecular flexibility index (Phi) is 4.58. The lowest BCUT2D eigenvalue weighted by molar-refractivity contribution is 0.402. The molecule has 0 amide bonds. The fourth-order valence-corrected chi connectivity index (χ4v) is 4.72. The van der Waals surface area contributed by atoms with Crippen LogP contribution in [0.15, 0.2) is 73.0 Å². The monoisotopic (exact) mass is 473 g/mol. The highest BCUT2D eigenvalue weighted by atomic mass is 15.2. The van der Waals surface area contributed by atoms with Crippen molar-refractivity contribution in [3.63, 3.8) is 0 Å². The lowest BCUT2D eigenvalue weighted by atomic mass is 10.0. The van der Waals surface area contributed by atoms with E-state index in [1.54, 1.807) is 6.20 Å². The summed E-state index contributed by atoms with van der Waals surface area (Å²) >= 11 is 0. The standard InChI is InChI=1S/C27H23N9/c1-36(2)14-15-10-17(13-29-11-15)19-7-8-21-24(30-19)26(35-34-21)27-32-22-18(16-4-3-9-28-12-16)5-6-20-23(31-20)25(22)33-27/h3-13,23,31H,14H2,1-2H3,(H,32,33)(H,34,35). The Hall–Kier alpha value is -4.63. The highest BCUT2D eigenvalue weighted by Crippen LogP contribution is 2.42. The number of nitrogens with one attached hydrogen (secondary N) is 3. The first-order valence-corrected chi connectivity index (χ1v) is 11.8. The number of allylic oxidation sites excluding steroid dienone is 2. The molecule has 1 aliphatic carbocycles. The van der Waals surface area contributed by atoms with Crippen molar-refractivity contribution >= 4 is 16.6 Å². The van der Waals surface area contributed by atoms with Gasteiger partial charge in [0.15, 0.2) is 11.5 Å². The molecule has 0 radical (unpaired) electrons. The minimum atomic E-state index is 0.130. The predicted octanol–water partition coefficient (Wildman–Crippen LogP) is 3.84. The van der Waals surface area contributed by atoms with Gasteiger partial charge in [0.1, 0.15) is 11.6 Å². The normalized spacial score (nSPS) is 16.1. The Bertz CT molecular complexity index is 1670. The van der Waals surface area contributed by atoms with Gasteiger partial charge in [-0.1, -0.05) is 12.1 Å². The lowest BCUT2D eigenvalue weighted by Crippen LogP contribution is -2.10. The molecule has 0 aromatic carbocycles. The lowest BCUT2D eigenvalue weighted by Gasteiger charge is -2.10. The summed E-state index contributed by atoms with van der Waals surface area (Å²) in [6, 6.07) is 10.3. The molecule has 0 bridgehead atoms. The number of aromatic nitrogens is 7. The van der Waals surface area contributed by atoms with Crippen LogP contribution in [0.1, 0.15) is 28.6 Å². The summed E-state index contributed by atoms with van der Waals surface area (Å²) in [5, 5.41) is 11.1. The fraction of sp³-hybridized carbons (Fsp3) is 0.148. The quantitative estimate of drug-likeness (QED) is 0.332. The van der Waals surface area contributed by atoms with Crippen LogP contribution >= 0.6 is 0 Å². The van der Waals surface area contributed by atoms with E-state index >= 15 is 0 Å². The average Bonchev–Trinajstić information content (AvgIpc) is 3.37. The van der Waals surface area contributed by atoms with Gasteiger partial charge in [-0.3, -0.25) is 15.1 Å². The van der Waals surface area contributed by atoms with Crippen LogP contribution in [0.2, 0.25) is 0 Å². The zero-order valence-corrected chi connectivity index (χ0v) is 19.8. The first-order valence-electron chi connectivity index (χ1n) is 11.8. The minimum Gasteiger partial charge on any atom is -0.373 e. The molecule has 6 heterocycles. The molecule has 1 fully saturated rings. The van der Waals surface area contributed by atoms with Gasteiger partial charge in [-0.15, -0.1) is 0 Å². The van der Waals surface area contributed by atoms with Gasteiger partial charge in [0.2, 0.25) is 0 Å². The van der Waals surface area contributed by atoms with Gasteiger partial charge in [-0.2, -0.15) is 5.10 Å². The van der Waals surface area contributed by atoms with Crippen LogP contribution < -0.4 is 5.32 Å². The first kappa shape index (κ1) is 20.7. The molecular weight excluding hydrogens is 450 g/mol. The third-order valence-electron chi connectivity index (χ3n) is 6.44. The Balaban J connectivity index is 1.32. The molecule has 0 saturated carbocycles. The molecule has 3 N–H and O–H groups in total. The van der Waals surface area contributed by atoms with E-state index in [4.69, 9.17) is 9.97 Å². The predicted molar refractivity (Wildman–Crippen MR) is 137 cm³/mol. The van der Waals surface area contributed by atoms with Crippen molar-refractivity contribution in [2.75, 3.05) is 14.1 Å². The summed E-state index contributed by atoms with van der Waals surface area (Å²) in [5.41, 5.74) is 10.4. The Morgan fingerprint density at radius 3 is 2.72 bits per heavy atom. The summed E-state index contributed by atoms with van der Waals surface area (Å²) in [5.74, 6) is 0.681. The molecule has 1 aliphatic heterocycles. The van der Waals surface area contributed by atoms with Crippen molar-refractivity contribution in [2.45, 2.75) is 12.6 Å². The van der Waals surface area contributed by atoms with Gasteiger partial charge < -0.3 is 15.2 Å². The van der Waals surface area contributed by atoms with Gasteiger partial charge in [-0.05, 0) is 50.0 Å². The number of aromatic amines is 2. The molecule has 1 unspecified atom stereocenters. The second kappa shape index (κ2) is 7.96. The zero-order chi connectivity index (χ0) is 24.2.